The first-order chi connectivity index (χ1) is 31.9. The van der Waals surface area contributed by atoms with Gasteiger partial charge in [-0.3, -0.25) is 0 Å². The summed E-state index contributed by atoms with van der Waals surface area (Å²) < 4.78 is 46.1. The number of benzene rings is 2. The summed E-state index contributed by atoms with van der Waals surface area (Å²) in [6, 6.07) is 19.9. The Bertz CT molecular complexity index is 2340. The van der Waals surface area contributed by atoms with E-state index in [1.54, 1.807) is 39.9 Å². The van der Waals surface area contributed by atoms with Gasteiger partial charge in [0, 0.05) is 84.0 Å². The van der Waals surface area contributed by atoms with E-state index in [4.69, 9.17) is 49.2 Å². The molecule has 1 fully saturated rings. The molecular weight excluding hydrogens is 981 g/mol. The van der Waals surface area contributed by atoms with Crippen LogP contribution in [-0.2, 0) is 49.2 Å². The number of ether oxygens (including phenoxy) is 6. The maximum absolute atomic E-state index is 6.38. The quantitative estimate of drug-likeness (QED) is 0.0799. The van der Waals surface area contributed by atoms with Crippen molar-refractivity contribution in [3.05, 3.63) is 110 Å². The Balaban J connectivity index is 0.000000174. The van der Waals surface area contributed by atoms with E-state index in [9.17, 15) is 0 Å². The predicted octanol–water partition coefficient (Wildman–Crippen LogP) is 9.81. The van der Waals surface area contributed by atoms with Crippen LogP contribution in [0.1, 0.15) is 83.6 Å². The maximum Gasteiger partial charge on any atom is 0.495 e. The number of nitrogens with zero attached hydrogens (tertiary/aromatic N) is 3. The number of aromatic nitrogens is 3. The number of hydrogen-bond acceptors (Lipinski definition) is 13. The predicted molar refractivity (Wildman–Crippen MR) is 274 cm³/mol. The molecule has 4 N–H and O–H groups in total. The SMILES string of the molecule is COCC(C)Oc1cc(-c2ccc3c(c2N)CCC3)ccn1.COCC(C)Oc1cc(B2OC(C)(C)C(C)(C)O2)ccn1.COCC(C)Oc1cc(Br)ccn1.Nc1c(Br)ccc2c1CCC2. The minimum absolute atomic E-state index is 0.0202. The molecule has 1 saturated heterocycles. The minimum Gasteiger partial charge on any atom is -0.472 e. The molecule has 2 aromatic carbocycles. The van der Waals surface area contributed by atoms with Crippen molar-refractivity contribution < 1.29 is 37.7 Å². The monoisotopic (exact) mass is 1050 g/mol. The first-order valence-electron chi connectivity index (χ1n) is 22.8. The second kappa shape index (κ2) is 25.4. The molecule has 3 unspecified atom stereocenters. The molecule has 16 heteroatoms. The summed E-state index contributed by atoms with van der Waals surface area (Å²) >= 11 is 6.76. The number of aryl methyl sites for hydroxylation is 2. The molecule has 0 saturated carbocycles. The van der Waals surface area contributed by atoms with Crippen LogP contribution in [0.3, 0.4) is 0 Å². The van der Waals surface area contributed by atoms with Gasteiger partial charge in [-0.05, 0) is 160 Å². The van der Waals surface area contributed by atoms with Crippen molar-refractivity contribution >= 4 is 55.8 Å². The van der Waals surface area contributed by atoms with E-state index in [-0.39, 0.29) is 29.5 Å². The van der Waals surface area contributed by atoms with E-state index in [0.717, 1.165) is 56.2 Å². The van der Waals surface area contributed by atoms with Crippen molar-refractivity contribution in [3.63, 3.8) is 0 Å². The molecule has 67 heavy (non-hydrogen) atoms. The Hall–Kier alpha value is -4.29. The van der Waals surface area contributed by atoms with Crippen LogP contribution >= 0.6 is 31.9 Å². The van der Waals surface area contributed by atoms with Gasteiger partial charge in [0.25, 0.3) is 0 Å². The molecule has 3 aromatic heterocycles. The van der Waals surface area contributed by atoms with Gasteiger partial charge in [-0.1, -0.05) is 34.1 Å². The molecule has 0 spiro atoms. The minimum atomic E-state index is -0.405. The molecule has 8 rings (SSSR count). The fraction of sp³-hybridized carbons (Fsp3) is 0.471. The Morgan fingerprint density at radius 2 is 1.06 bits per heavy atom. The van der Waals surface area contributed by atoms with Crippen LogP contribution < -0.4 is 31.1 Å². The van der Waals surface area contributed by atoms with Gasteiger partial charge >= 0.3 is 7.12 Å². The highest BCUT2D eigenvalue weighted by Gasteiger charge is 2.51. The number of rotatable bonds is 14. The van der Waals surface area contributed by atoms with E-state index in [2.05, 4.69) is 65.0 Å². The third kappa shape index (κ3) is 15.4. The smallest absolute Gasteiger partial charge is 0.472 e. The maximum atomic E-state index is 6.38. The molecule has 3 atom stereocenters. The third-order valence-electron chi connectivity index (χ3n) is 11.8. The summed E-state index contributed by atoms with van der Waals surface area (Å²) in [6.45, 7) is 15.6. The molecule has 0 bridgehead atoms. The highest BCUT2D eigenvalue weighted by molar-refractivity contribution is 9.10. The zero-order chi connectivity index (χ0) is 48.7. The zero-order valence-electron chi connectivity index (χ0n) is 40.7. The van der Waals surface area contributed by atoms with Crippen LogP contribution in [0, 0.1) is 0 Å². The number of halogens is 2. The molecule has 3 aliphatic rings. The molecule has 2 aliphatic carbocycles. The van der Waals surface area contributed by atoms with Crippen molar-refractivity contribution in [2.24, 2.45) is 0 Å². The van der Waals surface area contributed by atoms with E-state index < -0.39 is 7.12 Å². The lowest BCUT2D eigenvalue weighted by Gasteiger charge is -2.32. The Morgan fingerprint density at radius 1 is 0.597 bits per heavy atom. The molecule has 13 nitrogen and oxygen atoms in total. The van der Waals surface area contributed by atoms with Gasteiger partial charge in [0.05, 0.1) is 31.0 Å². The molecule has 4 heterocycles. The molecule has 1 aliphatic heterocycles. The Morgan fingerprint density at radius 3 is 1.58 bits per heavy atom. The van der Waals surface area contributed by atoms with Gasteiger partial charge in [0.1, 0.15) is 18.3 Å². The molecule has 362 valence electrons. The van der Waals surface area contributed by atoms with Gasteiger partial charge in [-0.15, -0.1) is 0 Å². The molecule has 5 aromatic rings. The lowest BCUT2D eigenvalue weighted by molar-refractivity contribution is 0.00578. The van der Waals surface area contributed by atoms with Crippen LogP contribution in [0.25, 0.3) is 11.1 Å². The van der Waals surface area contributed by atoms with Gasteiger partial charge in [-0.2, -0.15) is 0 Å². The number of pyridine rings is 3. The number of nitrogens with two attached hydrogens (primary N) is 2. The van der Waals surface area contributed by atoms with Crippen molar-refractivity contribution in [1.82, 2.24) is 15.0 Å². The van der Waals surface area contributed by atoms with E-state index >= 15 is 0 Å². The van der Waals surface area contributed by atoms with Crippen LogP contribution in [-0.4, -0.2) is 92.7 Å². The summed E-state index contributed by atoms with van der Waals surface area (Å²) in [7, 11) is 4.55. The number of fused-ring (bicyclic) bond motifs is 2. The summed E-state index contributed by atoms with van der Waals surface area (Å²) in [5, 5.41) is 0. The number of hydrogen-bond donors (Lipinski definition) is 2. The van der Waals surface area contributed by atoms with Crippen LogP contribution in [0.15, 0.2) is 88.2 Å². The summed E-state index contributed by atoms with van der Waals surface area (Å²) in [4.78, 5) is 12.5. The number of anilines is 2. The molecular formula is C51H68BBr2N5O8. The second-order valence-corrected chi connectivity index (χ2v) is 19.6. The van der Waals surface area contributed by atoms with Crippen molar-refractivity contribution in [2.75, 3.05) is 52.6 Å². The highest BCUT2D eigenvalue weighted by atomic mass is 79.9. The van der Waals surface area contributed by atoms with E-state index in [1.165, 1.54) is 41.5 Å². The first kappa shape index (κ1) is 53.7. The van der Waals surface area contributed by atoms with Gasteiger partial charge < -0.3 is 49.2 Å². The largest absolute Gasteiger partial charge is 0.495 e. The van der Waals surface area contributed by atoms with Crippen LogP contribution in [0.4, 0.5) is 11.4 Å². The fourth-order valence-corrected chi connectivity index (χ4v) is 8.43. The number of nitrogen functional groups attached to an aromatic ring is 2. The second-order valence-electron chi connectivity index (χ2n) is 17.8. The van der Waals surface area contributed by atoms with Crippen LogP contribution in [0.5, 0.6) is 17.6 Å². The third-order valence-corrected chi connectivity index (χ3v) is 13.0. The standard InChI is InChI=1S/C18H22N2O2.C15H24BNO4.C9H12BrNO2.C9H10BrN/c1-12(11-21-2)22-17-10-14(8-9-20-17)16-7-6-13-4-3-5-15(13)18(16)19;1-11(10-18-6)19-13-9-12(7-8-17-13)16-20-14(2,3)15(4,5)21-16;1-7(6-12-2)13-9-5-8(10)3-4-11-9;10-8-5-4-6-2-1-3-7(6)9(8)11/h6-10,12H,3-5,11,19H2,1-2H3;7-9,11H,10H2,1-6H3;3-5,7H,6H2,1-2H3;4-5H,1-3,11H2. The average Bonchev–Trinajstić information content (AvgIpc) is 4.02. The topological polar surface area (TPSA) is 165 Å². The highest BCUT2D eigenvalue weighted by Crippen LogP contribution is 2.38. The van der Waals surface area contributed by atoms with E-state index in [1.807, 2.05) is 90.9 Å². The normalized spacial score (nSPS) is 16.4. The fourth-order valence-electron chi connectivity index (χ4n) is 7.74. The van der Waals surface area contributed by atoms with Crippen molar-refractivity contribution in [3.8, 4) is 28.8 Å². The Kier molecular flexibility index (Phi) is 20.3. The lowest BCUT2D eigenvalue weighted by Crippen LogP contribution is -2.41. The van der Waals surface area contributed by atoms with Gasteiger partial charge in [0.2, 0.25) is 17.6 Å². The van der Waals surface area contributed by atoms with Crippen LogP contribution in [0.2, 0.25) is 0 Å². The molecule has 0 radical (unpaired) electrons. The summed E-state index contributed by atoms with van der Waals surface area (Å²) in [5.74, 6) is 1.76. The molecule has 0 amide bonds. The van der Waals surface area contributed by atoms with Gasteiger partial charge in [0.15, 0.2) is 0 Å². The Labute approximate surface area is 414 Å². The first-order valence-corrected chi connectivity index (χ1v) is 24.4. The average molecular weight is 1050 g/mol. The van der Waals surface area contributed by atoms with Crippen molar-refractivity contribution in [1.29, 1.82) is 0 Å². The number of methoxy groups -OCH3 is 3. The summed E-state index contributed by atoms with van der Waals surface area (Å²) in [5.41, 5.74) is 21.9. The van der Waals surface area contributed by atoms with Crippen molar-refractivity contribution in [2.45, 2.75) is 117 Å². The van der Waals surface area contributed by atoms with Gasteiger partial charge in [-0.25, -0.2) is 15.0 Å². The zero-order valence-corrected chi connectivity index (χ0v) is 43.9. The van der Waals surface area contributed by atoms with E-state index in [0.29, 0.717) is 37.5 Å². The lowest BCUT2D eigenvalue weighted by atomic mass is 9.80. The summed E-state index contributed by atoms with van der Waals surface area (Å²) in [6.07, 6.45) is 12.1.